The Morgan fingerprint density at radius 3 is 3.23 bits per heavy atom. The second-order valence-electron chi connectivity index (χ2n) is 5.65. The second-order valence-corrected chi connectivity index (χ2v) is 6.09. The lowest BCUT2D eigenvalue weighted by atomic mass is 10.1. The molecule has 1 aliphatic heterocycles. The Balaban J connectivity index is 1.53. The first-order chi connectivity index (χ1) is 10.6. The van der Waals surface area contributed by atoms with Crippen LogP contribution >= 0.6 is 11.6 Å². The maximum Gasteiger partial charge on any atom is 0.234 e. The summed E-state index contributed by atoms with van der Waals surface area (Å²) < 4.78 is 0. The van der Waals surface area contributed by atoms with Crippen molar-refractivity contribution in [3.8, 4) is 0 Å². The van der Waals surface area contributed by atoms with Gasteiger partial charge < -0.3 is 15.4 Å². The number of hydrogen-bond acceptors (Lipinski definition) is 4. The first-order valence-corrected chi connectivity index (χ1v) is 7.79. The molecule has 118 valence electrons. The van der Waals surface area contributed by atoms with E-state index in [9.17, 15) is 9.90 Å². The summed E-state index contributed by atoms with van der Waals surface area (Å²) in [5, 5.41) is 13.1. The van der Waals surface area contributed by atoms with Gasteiger partial charge in [-0.2, -0.15) is 0 Å². The molecular formula is C15H19ClN4O2. The van der Waals surface area contributed by atoms with Crippen LogP contribution in [0.15, 0.2) is 18.2 Å². The van der Waals surface area contributed by atoms with Crippen LogP contribution in [0.2, 0.25) is 5.02 Å². The number of nitrogens with one attached hydrogen (secondary N) is 2. The fraction of sp³-hybridized carbons (Fsp3) is 0.467. The summed E-state index contributed by atoms with van der Waals surface area (Å²) in [7, 11) is 0. The van der Waals surface area contributed by atoms with E-state index in [0.717, 1.165) is 30.4 Å². The molecule has 7 heteroatoms. The van der Waals surface area contributed by atoms with Gasteiger partial charge >= 0.3 is 0 Å². The molecule has 1 unspecified atom stereocenters. The van der Waals surface area contributed by atoms with E-state index >= 15 is 0 Å². The molecule has 1 aromatic heterocycles. The van der Waals surface area contributed by atoms with E-state index in [1.807, 2.05) is 17.0 Å². The molecule has 1 fully saturated rings. The Labute approximate surface area is 133 Å². The molecule has 0 bridgehead atoms. The molecule has 3 rings (SSSR count). The zero-order chi connectivity index (χ0) is 15.5. The van der Waals surface area contributed by atoms with Crippen LogP contribution < -0.4 is 5.32 Å². The van der Waals surface area contributed by atoms with E-state index in [4.69, 9.17) is 11.6 Å². The number of fused-ring (bicyclic) bond motifs is 1. The quantitative estimate of drug-likeness (QED) is 0.792. The molecule has 0 saturated carbocycles. The van der Waals surface area contributed by atoms with E-state index < -0.39 is 0 Å². The number of carbonyl (C=O) groups excluding carboxylic acids is 1. The smallest absolute Gasteiger partial charge is 0.234 e. The van der Waals surface area contributed by atoms with Gasteiger partial charge in [0.05, 0.1) is 30.2 Å². The third kappa shape index (κ3) is 3.76. The number of halogens is 1. The minimum Gasteiger partial charge on any atom is -0.392 e. The third-order valence-electron chi connectivity index (χ3n) is 3.79. The highest BCUT2D eigenvalue weighted by Gasteiger charge is 2.19. The van der Waals surface area contributed by atoms with E-state index in [0.29, 0.717) is 30.5 Å². The van der Waals surface area contributed by atoms with Crippen LogP contribution in [0.25, 0.3) is 11.0 Å². The van der Waals surface area contributed by atoms with Crippen molar-refractivity contribution in [2.24, 2.45) is 0 Å². The number of nitrogens with zero attached hydrogens (tertiary/aromatic N) is 2. The normalized spacial score (nSPS) is 19.5. The van der Waals surface area contributed by atoms with Gasteiger partial charge in [-0.05, 0) is 37.6 Å². The number of aromatic amines is 1. The third-order valence-corrected chi connectivity index (χ3v) is 4.03. The van der Waals surface area contributed by atoms with Crippen molar-refractivity contribution in [3.63, 3.8) is 0 Å². The highest BCUT2D eigenvalue weighted by Crippen LogP contribution is 2.17. The van der Waals surface area contributed by atoms with E-state index in [1.54, 1.807) is 6.07 Å². The van der Waals surface area contributed by atoms with Crippen molar-refractivity contribution in [2.75, 3.05) is 19.6 Å². The number of piperidine rings is 1. The Morgan fingerprint density at radius 2 is 2.41 bits per heavy atom. The number of β-amino-alcohol motifs (C(OH)–C–C–N with tert-alkyl or cyclic N) is 1. The van der Waals surface area contributed by atoms with E-state index in [1.165, 1.54) is 0 Å². The number of benzene rings is 1. The van der Waals surface area contributed by atoms with Gasteiger partial charge in [-0.25, -0.2) is 4.98 Å². The molecule has 1 atom stereocenters. The molecule has 2 aromatic rings. The van der Waals surface area contributed by atoms with Crippen LogP contribution in [-0.2, 0) is 11.3 Å². The molecule has 1 aliphatic rings. The van der Waals surface area contributed by atoms with Crippen molar-refractivity contribution in [3.05, 3.63) is 29.0 Å². The lowest BCUT2D eigenvalue weighted by Gasteiger charge is -2.29. The topological polar surface area (TPSA) is 81.2 Å². The summed E-state index contributed by atoms with van der Waals surface area (Å²) in [5.41, 5.74) is 1.68. The van der Waals surface area contributed by atoms with Gasteiger partial charge in [0.25, 0.3) is 0 Å². The summed E-state index contributed by atoms with van der Waals surface area (Å²) in [6.45, 7) is 2.08. The summed E-state index contributed by atoms with van der Waals surface area (Å²) in [6.07, 6.45) is 1.43. The molecule has 6 nitrogen and oxygen atoms in total. The number of aliphatic hydroxyl groups is 1. The fourth-order valence-electron chi connectivity index (χ4n) is 2.73. The lowest BCUT2D eigenvalue weighted by Crippen LogP contribution is -2.44. The van der Waals surface area contributed by atoms with Crippen LogP contribution in [0.4, 0.5) is 0 Å². The molecular weight excluding hydrogens is 304 g/mol. The number of H-pyrrole nitrogens is 1. The average molecular weight is 323 g/mol. The second kappa shape index (κ2) is 6.64. The van der Waals surface area contributed by atoms with Gasteiger partial charge in [-0.3, -0.25) is 9.69 Å². The molecule has 0 radical (unpaired) electrons. The molecule has 3 N–H and O–H groups in total. The fourth-order valence-corrected chi connectivity index (χ4v) is 2.91. The van der Waals surface area contributed by atoms with Crippen molar-refractivity contribution >= 4 is 28.5 Å². The van der Waals surface area contributed by atoms with Gasteiger partial charge in [0.1, 0.15) is 5.82 Å². The van der Waals surface area contributed by atoms with Gasteiger partial charge in [-0.1, -0.05) is 11.6 Å². The summed E-state index contributed by atoms with van der Waals surface area (Å²) in [5.74, 6) is 0.636. The van der Waals surface area contributed by atoms with Crippen LogP contribution in [0, 0.1) is 0 Å². The maximum absolute atomic E-state index is 12.0. The summed E-state index contributed by atoms with van der Waals surface area (Å²) in [4.78, 5) is 21.5. The van der Waals surface area contributed by atoms with Gasteiger partial charge in [-0.15, -0.1) is 0 Å². The van der Waals surface area contributed by atoms with Crippen LogP contribution in [0.5, 0.6) is 0 Å². The number of hydrogen-bond donors (Lipinski definition) is 3. The Bertz CT molecular complexity index is 673. The predicted molar refractivity (Wildman–Crippen MR) is 84.6 cm³/mol. The molecule has 22 heavy (non-hydrogen) atoms. The number of aliphatic hydroxyl groups excluding tert-OH is 1. The average Bonchev–Trinajstić information content (AvgIpc) is 2.87. The first-order valence-electron chi connectivity index (χ1n) is 7.41. The molecule has 2 heterocycles. The molecule has 1 saturated heterocycles. The predicted octanol–water partition coefficient (Wildman–Crippen LogP) is 1.29. The van der Waals surface area contributed by atoms with Crippen molar-refractivity contribution in [1.29, 1.82) is 0 Å². The van der Waals surface area contributed by atoms with E-state index in [2.05, 4.69) is 15.3 Å². The van der Waals surface area contributed by atoms with E-state index in [-0.39, 0.29) is 12.0 Å². The Kier molecular flexibility index (Phi) is 4.61. The van der Waals surface area contributed by atoms with Crippen molar-refractivity contribution in [2.45, 2.75) is 25.5 Å². The Hall–Kier alpha value is -1.63. The zero-order valence-corrected chi connectivity index (χ0v) is 12.9. The monoisotopic (exact) mass is 322 g/mol. The number of imidazole rings is 1. The molecule has 1 aromatic carbocycles. The SMILES string of the molecule is O=C(CN1CCCC(O)C1)NCc1nc2ccc(Cl)cc2[nH]1. The number of carbonyl (C=O) groups is 1. The summed E-state index contributed by atoms with van der Waals surface area (Å²) >= 11 is 5.93. The minimum atomic E-state index is -0.318. The number of aromatic nitrogens is 2. The molecule has 1 amide bonds. The standard InChI is InChI=1S/C15H19ClN4O2/c16-10-3-4-12-13(6-10)19-14(18-12)7-17-15(22)9-20-5-1-2-11(21)8-20/h3-4,6,11,21H,1-2,5,7-9H2,(H,17,22)(H,18,19). The van der Waals surface area contributed by atoms with Gasteiger partial charge in [0.2, 0.25) is 5.91 Å². The lowest BCUT2D eigenvalue weighted by molar-refractivity contribution is -0.123. The molecule has 0 aliphatic carbocycles. The van der Waals surface area contributed by atoms with Crippen LogP contribution in [-0.4, -0.2) is 51.6 Å². The largest absolute Gasteiger partial charge is 0.392 e. The Morgan fingerprint density at radius 1 is 1.55 bits per heavy atom. The first kappa shape index (κ1) is 15.3. The maximum atomic E-state index is 12.0. The van der Waals surface area contributed by atoms with Gasteiger partial charge in [0.15, 0.2) is 0 Å². The molecule has 0 spiro atoms. The number of rotatable bonds is 4. The zero-order valence-electron chi connectivity index (χ0n) is 12.2. The van der Waals surface area contributed by atoms with Gasteiger partial charge in [0, 0.05) is 11.6 Å². The number of likely N-dealkylation sites (tertiary alicyclic amines) is 1. The highest BCUT2D eigenvalue weighted by atomic mass is 35.5. The van der Waals surface area contributed by atoms with Crippen molar-refractivity contribution in [1.82, 2.24) is 20.2 Å². The van der Waals surface area contributed by atoms with Crippen LogP contribution in [0.1, 0.15) is 18.7 Å². The van der Waals surface area contributed by atoms with Crippen LogP contribution in [0.3, 0.4) is 0 Å². The minimum absolute atomic E-state index is 0.0624. The summed E-state index contributed by atoms with van der Waals surface area (Å²) in [6, 6.07) is 5.44. The van der Waals surface area contributed by atoms with Crippen molar-refractivity contribution < 1.29 is 9.90 Å². The number of amides is 1. The highest BCUT2D eigenvalue weighted by molar-refractivity contribution is 6.31.